The number of aryl methyl sites for hydroxylation is 2. The molecule has 3 heterocycles. The van der Waals surface area contributed by atoms with Crippen LogP contribution in [0.15, 0.2) is 30.5 Å². The van der Waals surface area contributed by atoms with E-state index in [1.165, 1.54) is 14.2 Å². The molecule has 0 saturated carbocycles. The standard InChI is InChI=1S/C21H20ClN7O5/c1-11-19(22)21(26-12(2)25-11)24-9-13-7-14(32-3)20(15(8-13)33-4)34-17-6-5-16-23-10-18(29(30)31)28(16)27-17/h5-8,10H,9H2,1-4H3,(H,24,25,26). The van der Waals surface area contributed by atoms with Gasteiger partial charge in [0, 0.05) is 18.7 Å². The number of aromatic nitrogens is 5. The molecule has 0 atom stereocenters. The fourth-order valence-electron chi connectivity index (χ4n) is 3.27. The van der Waals surface area contributed by atoms with Gasteiger partial charge in [-0.1, -0.05) is 16.1 Å². The molecule has 0 aliphatic heterocycles. The first-order chi connectivity index (χ1) is 16.3. The summed E-state index contributed by atoms with van der Waals surface area (Å²) < 4.78 is 18.0. The molecule has 0 aliphatic rings. The van der Waals surface area contributed by atoms with Gasteiger partial charge in [0.25, 0.3) is 5.88 Å². The van der Waals surface area contributed by atoms with Gasteiger partial charge in [0.1, 0.15) is 22.9 Å². The van der Waals surface area contributed by atoms with Gasteiger partial charge in [0.05, 0.1) is 19.9 Å². The lowest BCUT2D eigenvalue weighted by molar-refractivity contribution is -0.391. The van der Waals surface area contributed by atoms with Crippen molar-refractivity contribution in [1.82, 2.24) is 24.6 Å². The summed E-state index contributed by atoms with van der Waals surface area (Å²) in [5.74, 6) is 1.94. The van der Waals surface area contributed by atoms with Gasteiger partial charge in [-0.05, 0) is 41.6 Å². The van der Waals surface area contributed by atoms with E-state index in [1.54, 1.807) is 31.2 Å². The maximum absolute atomic E-state index is 11.2. The minimum Gasteiger partial charge on any atom is -0.493 e. The van der Waals surface area contributed by atoms with Crippen LogP contribution in [0.2, 0.25) is 5.02 Å². The predicted octanol–water partition coefficient (Wildman–Crippen LogP) is 4.12. The number of hydrogen-bond acceptors (Lipinski definition) is 10. The summed E-state index contributed by atoms with van der Waals surface area (Å²) in [6, 6.07) is 6.62. The Morgan fingerprint density at radius 1 is 1.15 bits per heavy atom. The maximum atomic E-state index is 11.2. The molecular weight excluding hydrogens is 466 g/mol. The number of nitrogens with one attached hydrogen (secondary N) is 1. The Labute approximate surface area is 198 Å². The average Bonchev–Trinajstić information content (AvgIpc) is 3.24. The summed E-state index contributed by atoms with van der Waals surface area (Å²) in [6.07, 6.45) is 1.13. The van der Waals surface area contributed by atoms with Gasteiger partial charge < -0.3 is 29.6 Å². The van der Waals surface area contributed by atoms with Gasteiger partial charge in [-0.3, -0.25) is 0 Å². The second kappa shape index (κ2) is 9.35. The molecule has 13 heteroatoms. The van der Waals surface area contributed by atoms with Gasteiger partial charge in [-0.25, -0.2) is 15.0 Å². The van der Waals surface area contributed by atoms with E-state index in [2.05, 4.69) is 25.4 Å². The van der Waals surface area contributed by atoms with E-state index in [1.807, 2.05) is 6.92 Å². The van der Waals surface area contributed by atoms with Crippen LogP contribution in [0, 0.1) is 24.0 Å². The molecule has 1 N–H and O–H groups in total. The van der Waals surface area contributed by atoms with Crippen LogP contribution in [-0.4, -0.2) is 43.7 Å². The number of rotatable bonds is 8. The second-order valence-electron chi connectivity index (χ2n) is 7.12. The van der Waals surface area contributed by atoms with Crippen molar-refractivity contribution in [3.05, 3.63) is 62.7 Å². The van der Waals surface area contributed by atoms with Crippen molar-refractivity contribution in [2.24, 2.45) is 0 Å². The second-order valence-corrected chi connectivity index (χ2v) is 7.50. The number of nitro groups is 1. The van der Waals surface area contributed by atoms with Crippen LogP contribution < -0.4 is 19.5 Å². The fourth-order valence-corrected chi connectivity index (χ4v) is 3.42. The van der Waals surface area contributed by atoms with Gasteiger partial charge >= 0.3 is 5.82 Å². The lowest BCUT2D eigenvalue weighted by atomic mass is 10.1. The zero-order chi connectivity index (χ0) is 24.4. The SMILES string of the molecule is COc1cc(CNc2nc(C)nc(C)c2Cl)cc(OC)c1Oc1ccc2ncc([N+](=O)[O-])n2n1. The van der Waals surface area contributed by atoms with Crippen LogP contribution in [0.25, 0.3) is 5.65 Å². The Kier molecular flexibility index (Phi) is 6.32. The molecule has 0 radical (unpaired) electrons. The van der Waals surface area contributed by atoms with Crippen LogP contribution in [0.1, 0.15) is 17.1 Å². The third kappa shape index (κ3) is 4.48. The minimum absolute atomic E-state index is 0.0924. The summed E-state index contributed by atoms with van der Waals surface area (Å²) in [6.45, 7) is 3.97. The highest BCUT2D eigenvalue weighted by Crippen LogP contribution is 2.41. The van der Waals surface area contributed by atoms with Gasteiger partial charge in [-0.2, -0.15) is 0 Å². The van der Waals surface area contributed by atoms with E-state index >= 15 is 0 Å². The van der Waals surface area contributed by atoms with Crippen LogP contribution in [-0.2, 0) is 6.54 Å². The highest BCUT2D eigenvalue weighted by Gasteiger charge is 2.20. The normalized spacial score (nSPS) is 10.9. The zero-order valence-corrected chi connectivity index (χ0v) is 19.5. The van der Waals surface area contributed by atoms with E-state index in [0.29, 0.717) is 46.0 Å². The van der Waals surface area contributed by atoms with Crippen molar-refractivity contribution < 1.29 is 19.1 Å². The van der Waals surface area contributed by atoms with E-state index in [4.69, 9.17) is 25.8 Å². The van der Waals surface area contributed by atoms with E-state index < -0.39 is 4.92 Å². The quantitative estimate of drug-likeness (QED) is 0.286. The van der Waals surface area contributed by atoms with Crippen LogP contribution in [0.3, 0.4) is 0 Å². The van der Waals surface area contributed by atoms with Crippen LogP contribution >= 0.6 is 11.6 Å². The van der Waals surface area contributed by atoms with Crippen molar-refractivity contribution >= 4 is 28.9 Å². The molecule has 4 rings (SSSR count). The van der Waals surface area contributed by atoms with Gasteiger partial charge in [0.15, 0.2) is 11.5 Å². The summed E-state index contributed by atoms with van der Waals surface area (Å²) >= 11 is 6.32. The van der Waals surface area contributed by atoms with E-state index in [0.717, 1.165) is 16.3 Å². The number of hydrogen-bond donors (Lipinski definition) is 1. The number of nitrogens with zero attached hydrogens (tertiary/aromatic N) is 6. The van der Waals surface area contributed by atoms with Gasteiger partial charge in [0.2, 0.25) is 11.4 Å². The first-order valence-corrected chi connectivity index (χ1v) is 10.3. The molecule has 34 heavy (non-hydrogen) atoms. The summed E-state index contributed by atoms with van der Waals surface area (Å²) in [5, 5.41) is 19.0. The van der Waals surface area contributed by atoms with Crippen molar-refractivity contribution in [2.75, 3.05) is 19.5 Å². The highest BCUT2D eigenvalue weighted by molar-refractivity contribution is 6.33. The van der Waals surface area contributed by atoms with Gasteiger partial charge in [-0.15, -0.1) is 0 Å². The minimum atomic E-state index is -0.577. The molecule has 4 aromatic rings. The zero-order valence-electron chi connectivity index (χ0n) is 18.7. The molecule has 0 spiro atoms. The number of anilines is 1. The average molecular weight is 486 g/mol. The van der Waals surface area contributed by atoms with E-state index in [-0.39, 0.29) is 17.4 Å². The van der Waals surface area contributed by atoms with Crippen molar-refractivity contribution in [1.29, 1.82) is 0 Å². The topological polar surface area (TPSA) is 139 Å². The number of ether oxygens (including phenoxy) is 3. The molecule has 176 valence electrons. The predicted molar refractivity (Wildman–Crippen MR) is 123 cm³/mol. The van der Waals surface area contributed by atoms with E-state index in [9.17, 15) is 10.1 Å². The molecule has 12 nitrogen and oxygen atoms in total. The molecule has 1 aromatic carbocycles. The fraction of sp³-hybridized carbons (Fsp3) is 0.238. The summed E-state index contributed by atoms with van der Waals surface area (Å²) in [5.41, 5.74) is 1.80. The number of imidazole rings is 1. The first kappa shape index (κ1) is 23.0. The highest BCUT2D eigenvalue weighted by atomic mass is 35.5. The van der Waals surface area contributed by atoms with Crippen molar-refractivity contribution in [2.45, 2.75) is 20.4 Å². The third-order valence-electron chi connectivity index (χ3n) is 4.82. The Bertz CT molecular complexity index is 1370. The number of methoxy groups -OCH3 is 2. The molecular formula is C21H20ClN7O5. The maximum Gasteiger partial charge on any atom is 0.368 e. The summed E-state index contributed by atoms with van der Waals surface area (Å²) in [7, 11) is 2.98. The lowest BCUT2D eigenvalue weighted by Gasteiger charge is -2.16. The molecule has 0 amide bonds. The monoisotopic (exact) mass is 485 g/mol. The van der Waals surface area contributed by atoms with Crippen molar-refractivity contribution in [3.8, 4) is 23.1 Å². The molecule has 0 fully saturated rings. The molecule has 0 saturated heterocycles. The Hall–Kier alpha value is -4.19. The largest absolute Gasteiger partial charge is 0.493 e. The smallest absolute Gasteiger partial charge is 0.368 e. The molecule has 0 aliphatic carbocycles. The Morgan fingerprint density at radius 3 is 2.50 bits per heavy atom. The third-order valence-corrected chi connectivity index (χ3v) is 5.28. The molecule has 3 aromatic heterocycles. The number of benzene rings is 1. The summed E-state index contributed by atoms with van der Waals surface area (Å²) in [4.78, 5) is 23.2. The Balaban J connectivity index is 1.64. The number of fused-ring (bicyclic) bond motifs is 1. The van der Waals surface area contributed by atoms with Crippen LogP contribution in [0.4, 0.5) is 11.6 Å². The van der Waals surface area contributed by atoms with Crippen molar-refractivity contribution in [3.63, 3.8) is 0 Å². The first-order valence-electron chi connectivity index (χ1n) is 9.97. The lowest BCUT2D eigenvalue weighted by Crippen LogP contribution is -2.06. The molecule has 0 bridgehead atoms. The number of halogens is 1. The van der Waals surface area contributed by atoms with Crippen LogP contribution in [0.5, 0.6) is 23.1 Å². The Morgan fingerprint density at radius 2 is 1.85 bits per heavy atom. The molecule has 0 unspecified atom stereocenters.